The number of aliphatic hydroxyl groups excluding tert-OH is 1. The molecule has 0 unspecified atom stereocenters. The standard InChI is InChI=1S/C25H40N2O3/c1-22(2)19(27-30-15-9-12-26-14-15)8-11-24(4)18-7-10-23(3)17(5-6-20(23)28)16(18)13-21-25(22,24)29-21/h15-18,20-21,26,28H,5-14H2,1-4H3/b27-19+/t15-,16+,17+,18+,20+,21+,23+,24-,25-/m1/s1. The normalized spacial score (nSPS) is 57.3. The van der Waals surface area contributed by atoms with Crippen molar-refractivity contribution in [1.82, 2.24) is 5.32 Å². The monoisotopic (exact) mass is 416 g/mol. The molecule has 2 aliphatic heterocycles. The molecular weight excluding hydrogens is 376 g/mol. The van der Waals surface area contributed by atoms with E-state index in [0.29, 0.717) is 23.9 Å². The lowest BCUT2D eigenvalue weighted by Crippen LogP contribution is -2.64. The van der Waals surface area contributed by atoms with E-state index in [1.807, 2.05) is 0 Å². The molecule has 2 N–H and O–H groups in total. The summed E-state index contributed by atoms with van der Waals surface area (Å²) >= 11 is 0. The van der Waals surface area contributed by atoms with E-state index < -0.39 is 0 Å². The number of ether oxygens (including phenoxy) is 1. The zero-order chi connectivity index (χ0) is 20.9. The van der Waals surface area contributed by atoms with Gasteiger partial charge in [0, 0.05) is 23.8 Å². The van der Waals surface area contributed by atoms with E-state index in [0.717, 1.165) is 38.8 Å². The summed E-state index contributed by atoms with van der Waals surface area (Å²) in [5.41, 5.74) is 1.38. The second-order valence-electron chi connectivity index (χ2n) is 12.4. The van der Waals surface area contributed by atoms with Gasteiger partial charge in [-0.15, -0.1) is 0 Å². The average Bonchev–Trinajstić information content (AvgIpc) is 3.08. The van der Waals surface area contributed by atoms with Crippen LogP contribution in [0.2, 0.25) is 0 Å². The van der Waals surface area contributed by atoms with Gasteiger partial charge in [-0.2, -0.15) is 0 Å². The summed E-state index contributed by atoms with van der Waals surface area (Å²) < 4.78 is 6.78. The molecule has 1 spiro atoms. The van der Waals surface area contributed by atoms with Gasteiger partial charge in [0.25, 0.3) is 0 Å². The Labute approximate surface area is 181 Å². The first-order chi connectivity index (χ1) is 14.2. The Kier molecular flexibility index (Phi) is 4.15. The quantitative estimate of drug-likeness (QED) is 0.529. The van der Waals surface area contributed by atoms with Crippen LogP contribution in [0.4, 0.5) is 0 Å². The highest BCUT2D eigenvalue weighted by atomic mass is 16.6. The van der Waals surface area contributed by atoms with Gasteiger partial charge in [-0.1, -0.05) is 32.9 Å². The van der Waals surface area contributed by atoms with Crippen molar-refractivity contribution in [2.24, 2.45) is 39.2 Å². The summed E-state index contributed by atoms with van der Waals surface area (Å²) in [5, 5.41) is 18.9. The van der Waals surface area contributed by atoms with E-state index in [1.165, 1.54) is 31.4 Å². The maximum absolute atomic E-state index is 10.7. The second kappa shape index (κ2) is 6.23. The number of hydrogen-bond acceptors (Lipinski definition) is 5. The molecule has 4 aliphatic carbocycles. The van der Waals surface area contributed by atoms with Crippen LogP contribution in [-0.4, -0.2) is 47.8 Å². The minimum atomic E-state index is -0.105. The largest absolute Gasteiger partial charge is 0.393 e. The Morgan fingerprint density at radius 2 is 1.90 bits per heavy atom. The third-order valence-electron chi connectivity index (χ3n) is 11.1. The number of rotatable bonds is 2. The van der Waals surface area contributed by atoms with Crippen molar-refractivity contribution in [2.75, 3.05) is 13.1 Å². The number of hydrogen-bond donors (Lipinski definition) is 2. The first kappa shape index (κ1) is 20.0. The molecule has 0 aromatic rings. The first-order valence-corrected chi connectivity index (χ1v) is 12.5. The molecule has 0 radical (unpaired) electrons. The Bertz CT molecular complexity index is 761. The van der Waals surface area contributed by atoms with Crippen LogP contribution in [0, 0.1) is 34.0 Å². The van der Waals surface area contributed by atoms with E-state index >= 15 is 0 Å². The predicted molar refractivity (Wildman–Crippen MR) is 116 cm³/mol. The van der Waals surface area contributed by atoms with Gasteiger partial charge in [-0.05, 0) is 74.7 Å². The summed E-state index contributed by atoms with van der Waals surface area (Å²) in [6, 6.07) is 0. The van der Waals surface area contributed by atoms with Gasteiger partial charge in [0.15, 0.2) is 0 Å². The zero-order valence-electron chi connectivity index (χ0n) is 19.2. The number of oxime groups is 1. The van der Waals surface area contributed by atoms with Crippen LogP contribution in [0.5, 0.6) is 0 Å². The lowest BCUT2D eigenvalue weighted by Gasteiger charge is -2.61. The van der Waals surface area contributed by atoms with Crippen LogP contribution >= 0.6 is 0 Å². The summed E-state index contributed by atoms with van der Waals surface area (Å²) in [5.74, 6) is 2.09. The van der Waals surface area contributed by atoms with Crippen LogP contribution in [0.15, 0.2) is 5.16 Å². The maximum Gasteiger partial charge on any atom is 0.141 e. The van der Waals surface area contributed by atoms with E-state index in [4.69, 9.17) is 14.7 Å². The highest BCUT2D eigenvalue weighted by molar-refractivity contribution is 5.92. The highest BCUT2D eigenvalue weighted by Gasteiger charge is 2.81. The SMILES string of the molecule is CC1(C)/C(=N/O[C@@H]2CCNC2)CC[C@]2(C)[C@H]3CC[C@]4(C)[C@@H](O)CC[C@H]4[C@@H]3C[C@@H]3O[C@]312. The molecule has 5 nitrogen and oxygen atoms in total. The second-order valence-corrected chi connectivity index (χ2v) is 12.4. The van der Waals surface area contributed by atoms with Gasteiger partial charge in [-0.25, -0.2) is 0 Å². The smallest absolute Gasteiger partial charge is 0.141 e. The molecule has 4 saturated carbocycles. The summed E-state index contributed by atoms with van der Waals surface area (Å²) in [7, 11) is 0. The fourth-order valence-electron chi connectivity index (χ4n) is 9.36. The van der Waals surface area contributed by atoms with Crippen molar-refractivity contribution in [1.29, 1.82) is 0 Å². The first-order valence-electron chi connectivity index (χ1n) is 12.5. The highest BCUT2D eigenvalue weighted by Crippen LogP contribution is 2.76. The zero-order valence-corrected chi connectivity index (χ0v) is 19.2. The Morgan fingerprint density at radius 1 is 1.07 bits per heavy atom. The molecule has 6 fully saturated rings. The lowest BCUT2D eigenvalue weighted by molar-refractivity contribution is -0.118. The Balaban J connectivity index is 1.30. The number of aliphatic hydroxyl groups is 1. The van der Waals surface area contributed by atoms with Crippen molar-refractivity contribution < 1.29 is 14.7 Å². The van der Waals surface area contributed by atoms with Gasteiger partial charge in [-0.3, -0.25) is 0 Å². The lowest BCUT2D eigenvalue weighted by atomic mass is 9.41. The van der Waals surface area contributed by atoms with Crippen LogP contribution in [0.25, 0.3) is 0 Å². The van der Waals surface area contributed by atoms with Crippen molar-refractivity contribution >= 4 is 5.71 Å². The minimum Gasteiger partial charge on any atom is -0.393 e. The van der Waals surface area contributed by atoms with Crippen molar-refractivity contribution in [2.45, 2.75) is 103 Å². The van der Waals surface area contributed by atoms with Gasteiger partial charge in [0.2, 0.25) is 0 Å². The number of epoxide rings is 1. The van der Waals surface area contributed by atoms with E-state index in [1.54, 1.807) is 0 Å². The van der Waals surface area contributed by atoms with Crippen LogP contribution in [0.1, 0.15) is 79.1 Å². The van der Waals surface area contributed by atoms with Crippen molar-refractivity contribution in [3.63, 3.8) is 0 Å². The summed E-state index contributed by atoms with van der Waals surface area (Å²) in [6.45, 7) is 11.6. The molecule has 0 bridgehead atoms. The molecule has 168 valence electrons. The molecule has 2 heterocycles. The fraction of sp³-hybridized carbons (Fsp3) is 0.960. The molecule has 6 rings (SSSR count). The molecule has 0 amide bonds. The molecule has 30 heavy (non-hydrogen) atoms. The van der Waals surface area contributed by atoms with Crippen LogP contribution in [0.3, 0.4) is 0 Å². The van der Waals surface area contributed by atoms with Crippen molar-refractivity contribution in [3.05, 3.63) is 0 Å². The predicted octanol–water partition coefficient (Wildman–Crippen LogP) is 3.89. The third kappa shape index (κ3) is 2.28. The maximum atomic E-state index is 10.7. The molecule has 2 saturated heterocycles. The van der Waals surface area contributed by atoms with Gasteiger partial charge >= 0.3 is 0 Å². The van der Waals surface area contributed by atoms with Crippen LogP contribution < -0.4 is 5.32 Å². The number of nitrogens with one attached hydrogen (secondary N) is 1. The summed E-state index contributed by atoms with van der Waals surface area (Å²) in [6.07, 6.45) is 9.49. The third-order valence-corrected chi connectivity index (χ3v) is 11.1. The molecular formula is C25H40N2O3. The van der Waals surface area contributed by atoms with Crippen LogP contribution in [-0.2, 0) is 9.57 Å². The minimum absolute atomic E-state index is 0.0828. The van der Waals surface area contributed by atoms with Gasteiger partial charge in [0.1, 0.15) is 11.7 Å². The van der Waals surface area contributed by atoms with E-state index in [-0.39, 0.29) is 34.1 Å². The Hall–Kier alpha value is -0.650. The summed E-state index contributed by atoms with van der Waals surface area (Å²) in [4.78, 5) is 5.98. The van der Waals surface area contributed by atoms with Gasteiger partial charge in [0.05, 0.1) is 17.9 Å². The Morgan fingerprint density at radius 3 is 2.67 bits per heavy atom. The van der Waals surface area contributed by atoms with Crippen molar-refractivity contribution in [3.8, 4) is 0 Å². The number of nitrogens with zero attached hydrogens (tertiary/aromatic N) is 1. The molecule has 5 heteroatoms. The van der Waals surface area contributed by atoms with E-state index in [9.17, 15) is 5.11 Å². The average molecular weight is 417 g/mol. The fourth-order valence-corrected chi connectivity index (χ4v) is 9.36. The number of fused-ring (bicyclic) bond motifs is 4. The molecule has 0 aromatic carbocycles. The molecule has 9 atom stereocenters. The molecule has 6 aliphatic rings. The van der Waals surface area contributed by atoms with Gasteiger partial charge < -0.3 is 20.0 Å². The molecule has 0 aromatic heterocycles. The topological polar surface area (TPSA) is 66.4 Å². The van der Waals surface area contributed by atoms with E-state index in [2.05, 4.69) is 33.0 Å².